The lowest BCUT2D eigenvalue weighted by Gasteiger charge is -2.02. The molecule has 0 spiro atoms. The van der Waals surface area contributed by atoms with Gasteiger partial charge >= 0.3 is 5.13 Å². The molecule has 0 aliphatic heterocycles. The summed E-state index contributed by atoms with van der Waals surface area (Å²) >= 11 is 1.41. The summed E-state index contributed by atoms with van der Waals surface area (Å²) < 4.78 is 1.71. The van der Waals surface area contributed by atoms with Crippen molar-refractivity contribution in [1.29, 1.82) is 0 Å². The number of anilines is 2. The van der Waals surface area contributed by atoms with Gasteiger partial charge in [0.15, 0.2) is 6.54 Å². The van der Waals surface area contributed by atoms with Gasteiger partial charge in [-0.1, -0.05) is 29.5 Å². The van der Waals surface area contributed by atoms with E-state index in [4.69, 9.17) is 5.73 Å². The normalized spacial score (nSPS) is 9.41. The molecule has 2 rings (SSSR count). The fraction of sp³-hybridized carbons (Fsp3) is 0.0909. The molecule has 90 valence electrons. The fourth-order valence-corrected chi connectivity index (χ4v) is 1.93. The summed E-state index contributed by atoms with van der Waals surface area (Å²) in [5, 5.41) is 5.28. The van der Waals surface area contributed by atoms with Gasteiger partial charge in [-0.15, -0.1) is 0 Å². The third-order valence-corrected chi connectivity index (χ3v) is 2.82. The van der Waals surface area contributed by atoms with Gasteiger partial charge in [-0.3, -0.25) is 10.5 Å². The van der Waals surface area contributed by atoms with Crippen molar-refractivity contribution in [2.24, 2.45) is 0 Å². The number of rotatable bonds is 3. The van der Waals surface area contributed by atoms with Crippen molar-refractivity contribution in [3.05, 3.63) is 41.9 Å². The average molecular weight is 270 g/mol. The molecule has 2 aromatic rings. The molecular weight excluding hydrogens is 258 g/mol. The molecule has 4 nitrogen and oxygen atoms in total. The number of thiazole rings is 1. The number of carbonyl (C=O) groups is 1. The van der Waals surface area contributed by atoms with Crippen LogP contribution in [-0.2, 0) is 11.3 Å². The number of benzene rings is 1. The maximum atomic E-state index is 11.6. The Hall–Kier alpha value is -1.59. The minimum Gasteiger partial charge on any atom is -1.00 e. The Morgan fingerprint density at radius 1 is 1.35 bits per heavy atom. The Labute approximate surface area is 109 Å². The second-order valence-electron chi connectivity index (χ2n) is 3.28. The summed E-state index contributed by atoms with van der Waals surface area (Å²) in [5.41, 5.74) is 6.48. The van der Waals surface area contributed by atoms with E-state index in [9.17, 15) is 4.79 Å². The lowest BCUT2D eigenvalue weighted by Crippen LogP contribution is -3.00. The molecule has 0 radical (unpaired) electrons. The average Bonchev–Trinajstić information content (AvgIpc) is 2.66. The third kappa shape index (κ3) is 3.72. The summed E-state index contributed by atoms with van der Waals surface area (Å²) in [4.78, 5) is 11.6. The fourth-order valence-electron chi connectivity index (χ4n) is 1.32. The van der Waals surface area contributed by atoms with Crippen LogP contribution >= 0.6 is 11.3 Å². The van der Waals surface area contributed by atoms with Gasteiger partial charge in [-0.25, -0.2) is 4.57 Å². The lowest BCUT2D eigenvalue weighted by atomic mass is 10.3. The van der Waals surface area contributed by atoms with Crippen LogP contribution in [0.25, 0.3) is 0 Å². The SMILES string of the molecule is Nc1scc[n+]1CC(=O)Nc1ccccc1.[Cl-]. The van der Waals surface area contributed by atoms with Crippen LogP contribution in [-0.4, -0.2) is 5.91 Å². The van der Waals surface area contributed by atoms with Crippen LogP contribution in [0.15, 0.2) is 41.9 Å². The molecule has 0 fully saturated rings. The minimum atomic E-state index is -0.0821. The van der Waals surface area contributed by atoms with Crippen molar-refractivity contribution >= 4 is 28.1 Å². The molecule has 6 heteroatoms. The number of nitrogens with zero attached hydrogens (tertiary/aromatic N) is 1. The van der Waals surface area contributed by atoms with Crippen molar-refractivity contribution < 1.29 is 21.8 Å². The Bertz CT molecular complexity index is 486. The van der Waals surface area contributed by atoms with Crippen LogP contribution in [0.1, 0.15) is 0 Å². The molecule has 0 aliphatic carbocycles. The predicted molar refractivity (Wildman–Crippen MR) is 64.0 cm³/mol. The number of nitrogens with two attached hydrogens (primary N) is 1. The first-order valence-electron chi connectivity index (χ1n) is 4.83. The van der Waals surface area contributed by atoms with Crippen LogP contribution in [0, 0.1) is 0 Å². The largest absolute Gasteiger partial charge is 1.00 e. The Balaban J connectivity index is 0.00000144. The second kappa shape index (κ2) is 6.22. The number of nitrogens with one attached hydrogen (secondary N) is 1. The van der Waals surface area contributed by atoms with Gasteiger partial charge < -0.3 is 17.7 Å². The van der Waals surface area contributed by atoms with E-state index in [2.05, 4.69) is 5.32 Å². The molecular formula is C11H12ClN3OS. The van der Waals surface area contributed by atoms with Crippen molar-refractivity contribution in [2.45, 2.75) is 6.54 Å². The standard InChI is InChI=1S/C11H11N3OS.ClH/c12-11-14(6-7-16-11)8-10(15)13-9-4-2-1-3-5-9;/h1-7,12H,8H2,(H,13,15);1H. The van der Waals surface area contributed by atoms with E-state index in [1.807, 2.05) is 35.7 Å². The summed E-state index contributed by atoms with van der Waals surface area (Å²) in [6.07, 6.45) is 1.80. The molecule has 1 amide bonds. The van der Waals surface area contributed by atoms with Gasteiger partial charge in [-0.05, 0) is 12.1 Å². The summed E-state index contributed by atoms with van der Waals surface area (Å²) in [6.45, 7) is 0.240. The summed E-state index contributed by atoms with van der Waals surface area (Å²) in [6, 6.07) is 9.35. The van der Waals surface area contributed by atoms with Gasteiger partial charge in [0.25, 0.3) is 5.91 Å². The number of para-hydroxylation sites is 1. The smallest absolute Gasteiger partial charge is 0.332 e. The number of hydrogen-bond acceptors (Lipinski definition) is 3. The first-order chi connectivity index (χ1) is 7.75. The van der Waals surface area contributed by atoms with E-state index in [-0.39, 0.29) is 24.9 Å². The van der Waals surface area contributed by atoms with Crippen LogP contribution in [0.5, 0.6) is 0 Å². The van der Waals surface area contributed by atoms with Gasteiger partial charge in [0.1, 0.15) is 6.20 Å². The molecule has 1 heterocycles. The van der Waals surface area contributed by atoms with E-state index >= 15 is 0 Å². The van der Waals surface area contributed by atoms with Crippen molar-refractivity contribution in [3.63, 3.8) is 0 Å². The highest BCUT2D eigenvalue weighted by Gasteiger charge is 2.10. The van der Waals surface area contributed by atoms with Crippen molar-refractivity contribution in [1.82, 2.24) is 0 Å². The Morgan fingerprint density at radius 3 is 2.65 bits per heavy atom. The van der Waals surface area contributed by atoms with Crippen molar-refractivity contribution in [3.8, 4) is 0 Å². The number of aromatic nitrogens is 1. The Kier molecular flexibility index (Phi) is 4.93. The van der Waals surface area contributed by atoms with Gasteiger partial charge in [0, 0.05) is 11.1 Å². The van der Waals surface area contributed by atoms with Crippen LogP contribution in [0.2, 0.25) is 0 Å². The predicted octanol–water partition coefficient (Wildman–Crippen LogP) is -1.74. The van der Waals surface area contributed by atoms with Crippen LogP contribution in [0.3, 0.4) is 0 Å². The molecule has 1 aromatic heterocycles. The molecule has 0 unspecified atom stereocenters. The van der Waals surface area contributed by atoms with Crippen LogP contribution < -0.4 is 28.0 Å². The molecule has 0 aliphatic rings. The quantitative estimate of drug-likeness (QED) is 0.650. The summed E-state index contributed by atoms with van der Waals surface area (Å²) in [5.74, 6) is -0.0821. The van der Waals surface area contributed by atoms with Crippen LogP contribution in [0.4, 0.5) is 10.8 Å². The topological polar surface area (TPSA) is 59.0 Å². The maximum absolute atomic E-state index is 11.6. The number of hydrogen-bond donors (Lipinski definition) is 2. The number of amides is 1. The maximum Gasteiger partial charge on any atom is 0.332 e. The third-order valence-electron chi connectivity index (χ3n) is 2.08. The zero-order chi connectivity index (χ0) is 11.4. The highest BCUT2D eigenvalue weighted by molar-refractivity contribution is 7.12. The molecule has 17 heavy (non-hydrogen) atoms. The molecule has 0 saturated heterocycles. The van der Waals surface area contributed by atoms with E-state index in [0.717, 1.165) is 5.69 Å². The number of carbonyl (C=O) groups excluding carboxylic acids is 1. The van der Waals surface area contributed by atoms with E-state index in [1.54, 1.807) is 10.8 Å². The minimum absolute atomic E-state index is 0. The molecule has 3 N–H and O–H groups in total. The molecule has 1 aromatic carbocycles. The first-order valence-corrected chi connectivity index (χ1v) is 5.71. The first kappa shape index (κ1) is 13.5. The zero-order valence-corrected chi connectivity index (χ0v) is 10.5. The zero-order valence-electron chi connectivity index (χ0n) is 8.97. The number of nitrogen functional groups attached to an aromatic ring is 1. The summed E-state index contributed by atoms with van der Waals surface area (Å²) in [7, 11) is 0. The van der Waals surface area contributed by atoms with Gasteiger partial charge in [0.2, 0.25) is 0 Å². The monoisotopic (exact) mass is 269 g/mol. The van der Waals surface area contributed by atoms with E-state index in [1.165, 1.54) is 11.3 Å². The van der Waals surface area contributed by atoms with Crippen molar-refractivity contribution in [2.75, 3.05) is 11.1 Å². The number of halogens is 1. The van der Waals surface area contributed by atoms with E-state index < -0.39 is 0 Å². The molecule has 0 atom stereocenters. The van der Waals surface area contributed by atoms with E-state index in [0.29, 0.717) is 5.13 Å². The lowest BCUT2D eigenvalue weighted by molar-refractivity contribution is -0.665. The molecule has 0 saturated carbocycles. The highest BCUT2D eigenvalue weighted by atomic mass is 35.5. The van der Waals surface area contributed by atoms with Gasteiger partial charge in [0.05, 0.1) is 0 Å². The highest BCUT2D eigenvalue weighted by Crippen LogP contribution is 2.05. The second-order valence-corrected chi connectivity index (χ2v) is 4.21. The molecule has 0 bridgehead atoms. The Morgan fingerprint density at radius 2 is 2.06 bits per heavy atom. The van der Waals surface area contributed by atoms with Gasteiger partial charge in [-0.2, -0.15) is 0 Å².